The van der Waals surface area contributed by atoms with E-state index in [1.165, 1.54) is 12.1 Å². The lowest BCUT2D eigenvalue weighted by Crippen LogP contribution is -2.49. The van der Waals surface area contributed by atoms with Crippen molar-refractivity contribution < 1.29 is 21.6 Å². The monoisotopic (exact) mass is 423 g/mol. The van der Waals surface area contributed by atoms with E-state index in [1.54, 1.807) is 29.2 Å². The molecule has 0 aromatic heterocycles. The number of primary sulfonamides is 1. The van der Waals surface area contributed by atoms with E-state index in [2.05, 4.69) is 0 Å². The van der Waals surface area contributed by atoms with Gasteiger partial charge >= 0.3 is 0 Å². The fraction of sp³-hybridized carbons (Fsp3) is 0.278. The van der Waals surface area contributed by atoms with E-state index < -0.39 is 19.9 Å². The summed E-state index contributed by atoms with van der Waals surface area (Å²) in [6.45, 7) is 1.70. The van der Waals surface area contributed by atoms with Crippen LogP contribution in [0.2, 0.25) is 0 Å². The van der Waals surface area contributed by atoms with E-state index in [9.17, 15) is 21.6 Å². The van der Waals surface area contributed by atoms with Crippen molar-refractivity contribution >= 4 is 31.5 Å². The highest BCUT2D eigenvalue weighted by Crippen LogP contribution is 2.29. The lowest BCUT2D eigenvalue weighted by Gasteiger charge is -2.37. The van der Waals surface area contributed by atoms with Crippen LogP contribution in [0.4, 0.5) is 5.69 Å². The Bertz CT molecular complexity index is 1090. The van der Waals surface area contributed by atoms with E-state index in [0.29, 0.717) is 37.4 Å². The third kappa shape index (κ3) is 4.34. The predicted molar refractivity (Wildman–Crippen MR) is 105 cm³/mol. The minimum absolute atomic E-state index is 0.0758. The number of hydrogen-bond acceptors (Lipinski definition) is 6. The van der Waals surface area contributed by atoms with E-state index >= 15 is 0 Å². The molecule has 3 rings (SSSR count). The first-order valence-electron chi connectivity index (χ1n) is 8.53. The van der Waals surface area contributed by atoms with Crippen LogP contribution in [-0.2, 0) is 19.9 Å². The van der Waals surface area contributed by atoms with Crippen molar-refractivity contribution in [3.05, 3.63) is 54.1 Å². The molecule has 8 nitrogen and oxygen atoms in total. The van der Waals surface area contributed by atoms with Crippen molar-refractivity contribution in [2.75, 3.05) is 37.3 Å². The van der Waals surface area contributed by atoms with Crippen molar-refractivity contribution in [2.24, 2.45) is 5.14 Å². The predicted octanol–water partition coefficient (Wildman–Crippen LogP) is 0.700. The fourth-order valence-electron chi connectivity index (χ4n) is 3.14. The topological polar surface area (TPSA) is 118 Å². The van der Waals surface area contributed by atoms with Crippen molar-refractivity contribution in [3.63, 3.8) is 0 Å². The van der Waals surface area contributed by atoms with Crippen LogP contribution < -0.4 is 10.0 Å². The van der Waals surface area contributed by atoms with Gasteiger partial charge in [0.2, 0.25) is 10.0 Å². The molecule has 28 heavy (non-hydrogen) atoms. The Balaban J connectivity index is 1.83. The minimum Gasteiger partial charge on any atom is -0.367 e. The minimum atomic E-state index is -4.02. The van der Waals surface area contributed by atoms with E-state index in [0.717, 1.165) is 12.3 Å². The SMILES string of the molecule is CS(=O)(=O)c1cc(S(N)(=O)=O)ccc1N1CCN(C(=O)c2ccccc2)CC1. The molecule has 0 spiro atoms. The van der Waals surface area contributed by atoms with Gasteiger partial charge in [-0.25, -0.2) is 22.0 Å². The number of nitrogens with two attached hydrogens (primary N) is 1. The van der Waals surface area contributed by atoms with Crippen molar-refractivity contribution in [3.8, 4) is 0 Å². The maximum Gasteiger partial charge on any atom is 0.253 e. The average molecular weight is 424 g/mol. The van der Waals surface area contributed by atoms with Crippen LogP contribution in [0.5, 0.6) is 0 Å². The molecule has 1 aliphatic rings. The number of amides is 1. The maximum atomic E-state index is 12.6. The summed E-state index contributed by atoms with van der Waals surface area (Å²) in [6.07, 6.45) is 1.02. The second kappa shape index (κ2) is 7.53. The first-order chi connectivity index (χ1) is 13.1. The Morgan fingerprint density at radius 2 is 1.54 bits per heavy atom. The highest BCUT2D eigenvalue weighted by molar-refractivity contribution is 7.91. The molecule has 0 bridgehead atoms. The summed E-state index contributed by atoms with van der Waals surface area (Å²) in [5, 5.41) is 5.12. The summed E-state index contributed by atoms with van der Waals surface area (Å²) in [5.41, 5.74) is 1.01. The van der Waals surface area contributed by atoms with E-state index in [-0.39, 0.29) is 15.7 Å². The number of hydrogen-bond donors (Lipinski definition) is 1. The molecular weight excluding hydrogens is 402 g/mol. The molecule has 1 aliphatic heterocycles. The highest BCUT2D eigenvalue weighted by atomic mass is 32.2. The van der Waals surface area contributed by atoms with Gasteiger partial charge in [-0.1, -0.05) is 18.2 Å². The van der Waals surface area contributed by atoms with Crippen LogP contribution in [0.3, 0.4) is 0 Å². The summed E-state index contributed by atoms with van der Waals surface area (Å²) in [4.78, 5) is 15.7. The number of carbonyl (C=O) groups excluding carboxylic acids is 1. The van der Waals surface area contributed by atoms with Crippen LogP contribution in [0.1, 0.15) is 10.4 Å². The molecule has 2 aromatic rings. The molecule has 0 radical (unpaired) electrons. The summed E-state index contributed by atoms with van der Waals surface area (Å²) < 4.78 is 47.6. The number of piperazine rings is 1. The molecule has 1 fully saturated rings. The van der Waals surface area contributed by atoms with Crippen LogP contribution in [0.25, 0.3) is 0 Å². The van der Waals surface area contributed by atoms with Crippen LogP contribution >= 0.6 is 0 Å². The van der Waals surface area contributed by atoms with Gasteiger partial charge in [0.1, 0.15) is 0 Å². The summed E-state index contributed by atoms with van der Waals surface area (Å²) >= 11 is 0. The molecule has 0 unspecified atom stereocenters. The lowest BCUT2D eigenvalue weighted by atomic mass is 10.1. The molecule has 1 amide bonds. The first kappa shape index (κ1) is 20.3. The smallest absolute Gasteiger partial charge is 0.253 e. The molecule has 2 N–H and O–H groups in total. The van der Waals surface area contributed by atoms with Gasteiger partial charge in [0.05, 0.1) is 15.5 Å². The molecule has 2 aromatic carbocycles. The average Bonchev–Trinajstić information content (AvgIpc) is 2.66. The molecular formula is C18H21N3O5S2. The number of benzene rings is 2. The fourth-order valence-corrected chi connectivity index (χ4v) is 4.68. The third-order valence-corrected chi connectivity index (χ3v) is 6.62. The Kier molecular flexibility index (Phi) is 5.46. The number of rotatable bonds is 4. The molecule has 1 heterocycles. The van der Waals surface area contributed by atoms with Crippen LogP contribution in [0.15, 0.2) is 58.3 Å². The zero-order chi connectivity index (χ0) is 20.5. The number of nitrogens with zero attached hydrogens (tertiary/aromatic N) is 2. The van der Waals surface area contributed by atoms with Gasteiger partial charge in [0.25, 0.3) is 5.91 Å². The van der Waals surface area contributed by atoms with Crippen LogP contribution in [-0.4, -0.2) is 60.1 Å². The van der Waals surface area contributed by atoms with Gasteiger partial charge in [0, 0.05) is 38.0 Å². The second-order valence-electron chi connectivity index (χ2n) is 6.59. The Morgan fingerprint density at radius 1 is 0.929 bits per heavy atom. The van der Waals surface area contributed by atoms with E-state index in [4.69, 9.17) is 5.14 Å². The zero-order valence-electron chi connectivity index (χ0n) is 15.3. The van der Waals surface area contributed by atoms with E-state index in [1.807, 2.05) is 11.0 Å². The molecule has 1 saturated heterocycles. The Labute approximate surface area is 164 Å². The zero-order valence-corrected chi connectivity index (χ0v) is 16.9. The van der Waals surface area contributed by atoms with Gasteiger partial charge in [-0.2, -0.15) is 0 Å². The largest absolute Gasteiger partial charge is 0.367 e. The molecule has 10 heteroatoms. The normalized spacial score (nSPS) is 15.5. The number of carbonyl (C=O) groups is 1. The van der Waals surface area contributed by atoms with Gasteiger partial charge in [0.15, 0.2) is 9.84 Å². The summed E-state index contributed by atoms with van der Waals surface area (Å²) in [7, 11) is -7.70. The van der Waals surface area contributed by atoms with Crippen molar-refractivity contribution in [1.29, 1.82) is 0 Å². The molecule has 150 valence electrons. The Morgan fingerprint density at radius 3 is 2.07 bits per heavy atom. The van der Waals surface area contributed by atoms with Crippen molar-refractivity contribution in [2.45, 2.75) is 9.79 Å². The number of sulfonamides is 1. The van der Waals surface area contributed by atoms with Gasteiger partial charge in [-0.15, -0.1) is 0 Å². The first-order valence-corrected chi connectivity index (χ1v) is 12.0. The van der Waals surface area contributed by atoms with Gasteiger partial charge in [-0.05, 0) is 30.3 Å². The molecule has 0 aliphatic carbocycles. The maximum absolute atomic E-state index is 12.6. The molecule has 0 saturated carbocycles. The lowest BCUT2D eigenvalue weighted by molar-refractivity contribution is 0.0746. The third-order valence-electron chi connectivity index (χ3n) is 4.59. The van der Waals surface area contributed by atoms with Crippen molar-refractivity contribution in [1.82, 2.24) is 4.90 Å². The highest BCUT2D eigenvalue weighted by Gasteiger charge is 2.26. The second-order valence-corrected chi connectivity index (χ2v) is 10.1. The Hall–Kier alpha value is -2.43. The quantitative estimate of drug-likeness (QED) is 0.773. The molecule has 0 atom stereocenters. The van der Waals surface area contributed by atoms with Crippen LogP contribution in [0, 0.1) is 0 Å². The summed E-state index contributed by atoms with van der Waals surface area (Å²) in [5.74, 6) is -0.0758. The van der Waals surface area contributed by atoms with Gasteiger partial charge in [-0.3, -0.25) is 4.79 Å². The number of sulfone groups is 1. The van der Waals surface area contributed by atoms with Gasteiger partial charge < -0.3 is 9.80 Å². The standard InChI is InChI=1S/C18H21N3O5S2/c1-27(23,24)17-13-15(28(19,25)26)7-8-16(17)20-9-11-21(12-10-20)18(22)14-5-3-2-4-6-14/h2-8,13H,9-12H2,1H3,(H2,19,25,26). The number of anilines is 1. The summed E-state index contributed by atoms with van der Waals surface area (Å²) in [6, 6.07) is 12.8.